The van der Waals surface area contributed by atoms with Crippen LogP contribution in [0.15, 0.2) is 9.85 Å². The summed E-state index contributed by atoms with van der Waals surface area (Å²) in [5, 5.41) is 3.59. The van der Waals surface area contributed by atoms with Gasteiger partial charge >= 0.3 is 0 Å². The van der Waals surface area contributed by atoms with E-state index in [9.17, 15) is 0 Å². The fraction of sp³-hybridized carbons (Fsp3) is 0.667. The molecule has 0 saturated carbocycles. The Kier molecular flexibility index (Phi) is 5.20. The first-order valence-corrected chi connectivity index (χ1v) is 8.55. The Bertz CT molecular complexity index is 312. The van der Waals surface area contributed by atoms with Crippen molar-refractivity contribution in [2.24, 2.45) is 5.92 Å². The minimum atomic E-state index is 0.908. The molecule has 1 nitrogen and oxygen atoms in total. The van der Waals surface area contributed by atoms with E-state index in [0.717, 1.165) is 12.5 Å². The van der Waals surface area contributed by atoms with E-state index in [4.69, 9.17) is 0 Å². The van der Waals surface area contributed by atoms with E-state index in [2.05, 4.69) is 46.0 Å². The van der Waals surface area contributed by atoms with Crippen molar-refractivity contribution in [3.8, 4) is 0 Å². The van der Waals surface area contributed by atoms with E-state index < -0.39 is 0 Å². The maximum absolute atomic E-state index is 3.59. The van der Waals surface area contributed by atoms with E-state index in [-0.39, 0.29) is 0 Å². The average molecular weight is 320 g/mol. The van der Waals surface area contributed by atoms with Crippen molar-refractivity contribution in [2.75, 3.05) is 18.1 Å². The molecule has 0 atom stereocenters. The molecule has 1 fully saturated rings. The second kappa shape index (κ2) is 6.43. The maximum atomic E-state index is 3.59. The van der Waals surface area contributed by atoms with Crippen LogP contribution in [0.3, 0.4) is 0 Å². The zero-order valence-electron chi connectivity index (χ0n) is 9.59. The van der Waals surface area contributed by atoms with Gasteiger partial charge in [0.2, 0.25) is 0 Å². The van der Waals surface area contributed by atoms with Gasteiger partial charge in [-0.3, -0.25) is 0 Å². The van der Waals surface area contributed by atoms with Gasteiger partial charge in [-0.05, 0) is 71.3 Å². The number of aryl methyl sites for hydroxylation is 1. The zero-order valence-corrected chi connectivity index (χ0v) is 12.8. The standard InChI is InChI=1S/C12H18BrNS2/c1-9-6-11(16-12(9)13)8-14-7-10-2-4-15-5-3-10/h6,10,14H,2-5,7-8H2,1H3. The Balaban J connectivity index is 1.71. The molecule has 1 aromatic rings. The molecule has 1 saturated heterocycles. The van der Waals surface area contributed by atoms with Gasteiger partial charge in [-0.25, -0.2) is 0 Å². The molecule has 1 N–H and O–H groups in total. The smallest absolute Gasteiger partial charge is 0.0730 e. The van der Waals surface area contributed by atoms with E-state index >= 15 is 0 Å². The molecule has 1 aliphatic heterocycles. The summed E-state index contributed by atoms with van der Waals surface area (Å²) >= 11 is 7.53. The minimum absolute atomic E-state index is 0.908. The summed E-state index contributed by atoms with van der Waals surface area (Å²) < 4.78 is 1.28. The van der Waals surface area contributed by atoms with Crippen molar-refractivity contribution < 1.29 is 0 Å². The second-order valence-electron chi connectivity index (χ2n) is 4.36. The van der Waals surface area contributed by atoms with Crippen molar-refractivity contribution in [3.05, 3.63) is 20.3 Å². The summed E-state index contributed by atoms with van der Waals surface area (Å²) in [6.07, 6.45) is 2.79. The molecule has 0 amide bonds. The highest BCUT2D eigenvalue weighted by atomic mass is 79.9. The summed E-state index contributed by atoms with van der Waals surface area (Å²) in [5.41, 5.74) is 1.36. The molecule has 0 spiro atoms. The maximum Gasteiger partial charge on any atom is 0.0730 e. The third-order valence-electron chi connectivity index (χ3n) is 2.98. The molecule has 2 heterocycles. The SMILES string of the molecule is Cc1cc(CNCC2CCSCC2)sc1Br. The van der Waals surface area contributed by atoms with Gasteiger partial charge in [-0.15, -0.1) is 11.3 Å². The number of nitrogens with one attached hydrogen (secondary N) is 1. The summed E-state index contributed by atoms with van der Waals surface area (Å²) in [6.45, 7) is 4.37. The molecular weight excluding hydrogens is 302 g/mol. The van der Waals surface area contributed by atoms with E-state index in [1.54, 1.807) is 0 Å². The van der Waals surface area contributed by atoms with Crippen molar-refractivity contribution in [2.45, 2.75) is 26.3 Å². The molecule has 0 aromatic carbocycles. The second-order valence-corrected chi connectivity index (χ2v) is 8.04. The van der Waals surface area contributed by atoms with Crippen LogP contribution in [-0.4, -0.2) is 18.1 Å². The highest BCUT2D eigenvalue weighted by Gasteiger charge is 2.13. The van der Waals surface area contributed by atoms with Crippen LogP contribution in [-0.2, 0) is 6.54 Å². The number of hydrogen-bond acceptors (Lipinski definition) is 3. The van der Waals surface area contributed by atoms with Crippen LogP contribution in [0, 0.1) is 12.8 Å². The van der Waals surface area contributed by atoms with E-state index in [0.29, 0.717) is 0 Å². The van der Waals surface area contributed by atoms with Gasteiger partial charge in [0, 0.05) is 11.4 Å². The molecule has 90 valence electrons. The van der Waals surface area contributed by atoms with E-state index in [1.807, 2.05) is 11.3 Å². The van der Waals surface area contributed by atoms with Crippen molar-refractivity contribution in [1.82, 2.24) is 5.32 Å². The number of thiophene rings is 1. The largest absolute Gasteiger partial charge is 0.312 e. The zero-order chi connectivity index (χ0) is 11.4. The predicted octanol–water partition coefficient (Wildman–Crippen LogP) is 4.05. The topological polar surface area (TPSA) is 12.0 Å². The molecule has 1 aromatic heterocycles. The number of halogens is 1. The molecule has 1 aliphatic rings. The Morgan fingerprint density at radius 3 is 2.81 bits per heavy atom. The Morgan fingerprint density at radius 2 is 2.19 bits per heavy atom. The van der Waals surface area contributed by atoms with Crippen LogP contribution in [0.25, 0.3) is 0 Å². The van der Waals surface area contributed by atoms with Crippen LogP contribution in [0.1, 0.15) is 23.3 Å². The van der Waals surface area contributed by atoms with Crippen LogP contribution in [0.2, 0.25) is 0 Å². The molecule has 0 aliphatic carbocycles. The lowest BCUT2D eigenvalue weighted by Gasteiger charge is -2.21. The van der Waals surface area contributed by atoms with Crippen LogP contribution >= 0.6 is 39.0 Å². The number of thioether (sulfide) groups is 1. The van der Waals surface area contributed by atoms with Crippen molar-refractivity contribution in [3.63, 3.8) is 0 Å². The third kappa shape index (κ3) is 3.76. The number of hydrogen-bond donors (Lipinski definition) is 1. The Hall–Kier alpha value is 0.490. The minimum Gasteiger partial charge on any atom is -0.312 e. The molecule has 4 heteroatoms. The van der Waals surface area contributed by atoms with Crippen molar-refractivity contribution in [1.29, 1.82) is 0 Å². The number of rotatable bonds is 4. The highest BCUT2D eigenvalue weighted by molar-refractivity contribution is 9.11. The Morgan fingerprint density at radius 1 is 1.44 bits per heavy atom. The molecule has 0 bridgehead atoms. The molecular formula is C12H18BrNS2. The summed E-state index contributed by atoms with van der Waals surface area (Å²) in [7, 11) is 0. The van der Waals surface area contributed by atoms with Gasteiger partial charge in [0.05, 0.1) is 3.79 Å². The predicted molar refractivity (Wildman–Crippen MR) is 78.5 cm³/mol. The van der Waals surface area contributed by atoms with Crippen LogP contribution in [0.4, 0.5) is 0 Å². The summed E-state index contributed by atoms with van der Waals surface area (Å²) in [6, 6.07) is 2.28. The lowest BCUT2D eigenvalue weighted by atomic mass is 10.0. The fourth-order valence-electron chi connectivity index (χ4n) is 1.96. The Labute approximate surface area is 115 Å². The van der Waals surface area contributed by atoms with Crippen LogP contribution in [0.5, 0.6) is 0 Å². The lowest BCUT2D eigenvalue weighted by molar-refractivity contribution is 0.448. The summed E-state index contributed by atoms with van der Waals surface area (Å²) in [4.78, 5) is 1.44. The van der Waals surface area contributed by atoms with Gasteiger partial charge < -0.3 is 5.32 Å². The first kappa shape index (κ1) is 12.9. The van der Waals surface area contributed by atoms with Gasteiger partial charge in [-0.2, -0.15) is 11.8 Å². The van der Waals surface area contributed by atoms with Gasteiger partial charge in [0.15, 0.2) is 0 Å². The first-order valence-electron chi connectivity index (χ1n) is 5.79. The molecule has 16 heavy (non-hydrogen) atoms. The monoisotopic (exact) mass is 319 g/mol. The van der Waals surface area contributed by atoms with Crippen molar-refractivity contribution >= 4 is 39.0 Å². The molecule has 0 radical (unpaired) electrons. The van der Waals surface area contributed by atoms with Gasteiger partial charge in [0.25, 0.3) is 0 Å². The van der Waals surface area contributed by atoms with Gasteiger partial charge in [0.1, 0.15) is 0 Å². The van der Waals surface area contributed by atoms with Crippen LogP contribution < -0.4 is 5.32 Å². The van der Waals surface area contributed by atoms with Gasteiger partial charge in [-0.1, -0.05) is 0 Å². The normalized spacial score (nSPS) is 17.9. The third-order valence-corrected chi connectivity index (χ3v) is 6.17. The highest BCUT2D eigenvalue weighted by Crippen LogP contribution is 2.27. The molecule has 0 unspecified atom stereocenters. The van der Waals surface area contributed by atoms with E-state index in [1.165, 1.54) is 45.1 Å². The lowest BCUT2D eigenvalue weighted by Crippen LogP contribution is -2.25. The average Bonchev–Trinajstić information content (AvgIpc) is 2.60. The fourth-order valence-corrected chi connectivity index (χ4v) is 4.76. The quantitative estimate of drug-likeness (QED) is 0.898. The first-order chi connectivity index (χ1) is 7.75. The molecule has 2 rings (SSSR count). The summed E-state index contributed by atoms with van der Waals surface area (Å²) in [5.74, 6) is 3.62.